The molecular weight excluding hydrogens is 294 g/mol. The lowest BCUT2D eigenvalue weighted by Gasteiger charge is -2.09. The first-order valence-electron chi connectivity index (χ1n) is 6.97. The van der Waals surface area contributed by atoms with Gasteiger partial charge in [0.25, 0.3) is 0 Å². The number of pyridine rings is 2. The highest BCUT2D eigenvalue weighted by atomic mass is 16.5. The quantitative estimate of drug-likeness (QED) is 0.744. The van der Waals surface area contributed by atoms with Crippen molar-refractivity contribution in [2.24, 2.45) is 0 Å². The molecule has 0 fully saturated rings. The van der Waals surface area contributed by atoms with E-state index in [4.69, 9.17) is 15.2 Å². The van der Waals surface area contributed by atoms with Gasteiger partial charge >= 0.3 is 0 Å². The lowest BCUT2D eigenvalue weighted by Crippen LogP contribution is -2.04. The number of hydrogen-bond acceptors (Lipinski definition) is 7. The molecule has 0 atom stereocenters. The number of nitrogen functional groups attached to an aromatic ring is 1. The number of nitrogens with zero attached hydrogens (tertiary/aromatic N) is 4. The van der Waals surface area contributed by atoms with Gasteiger partial charge in [-0.05, 0) is 12.1 Å². The van der Waals surface area contributed by atoms with Crippen LogP contribution in [-0.2, 0) is 13.2 Å². The van der Waals surface area contributed by atoms with Crippen molar-refractivity contribution < 1.29 is 9.47 Å². The summed E-state index contributed by atoms with van der Waals surface area (Å²) in [6.07, 6.45) is 6.86. The van der Waals surface area contributed by atoms with Gasteiger partial charge in [-0.15, -0.1) is 0 Å². The van der Waals surface area contributed by atoms with E-state index in [1.807, 2.05) is 24.3 Å². The first kappa shape index (κ1) is 14.7. The smallest absolute Gasteiger partial charge is 0.226 e. The summed E-state index contributed by atoms with van der Waals surface area (Å²) in [6.45, 7) is 0.679. The molecule has 0 aromatic carbocycles. The van der Waals surface area contributed by atoms with Gasteiger partial charge in [0.2, 0.25) is 17.7 Å². The fourth-order valence-electron chi connectivity index (χ4n) is 1.85. The average molecular weight is 309 g/mol. The van der Waals surface area contributed by atoms with Crippen molar-refractivity contribution in [1.29, 1.82) is 0 Å². The summed E-state index contributed by atoms with van der Waals surface area (Å²) in [5.41, 5.74) is 7.56. The summed E-state index contributed by atoms with van der Waals surface area (Å²) in [4.78, 5) is 16.1. The molecule has 7 nitrogen and oxygen atoms in total. The van der Waals surface area contributed by atoms with Gasteiger partial charge in [0.1, 0.15) is 13.2 Å². The van der Waals surface area contributed by atoms with Crippen LogP contribution >= 0.6 is 0 Å². The minimum Gasteiger partial charge on any atom is -0.473 e. The second-order valence-electron chi connectivity index (χ2n) is 4.70. The van der Waals surface area contributed by atoms with E-state index >= 15 is 0 Å². The maximum Gasteiger partial charge on any atom is 0.226 e. The van der Waals surface area contributed by atoms with E-state index in [9.17, 15) is 0 Å². The second-order valence-corrected chi connectivity index (χ2v) is 4.70. The molecule has 0 aliphatic carbocycles. The maximum absolute atomic E-state index is 5.69. The third-order valence-electron chi connectivity index (χ3n) is 2.92. The fraction of sp³-hybridized carbons (Fsp3) is 0.125. The molecule has 0 saturated carbocycles. The van der Waals surface area contributed by atoms with E-state index < -0.39 is 0 Å². The molecule has 3 heterocycles. The van der Waals surface area contributed by atoms with Gasteiger partial charge < -0.3 is 15.2 Å². The first-order valence-corrected chi connectivity index (χ1v) is 6.97. The maximum atomic E-state index is 5.69. The molecule has 0 aliphatic rings. The van der Waals surface area contributed by atoms with E-state index in [0.717, 1.165) is 11.1 Å². The average Bonchev–Trinajstić information content (AvgIpc) is 2.60. The van der Waals surface area contributed by atoms with Gasteiger partial charge in [-0.3, -0.25) is 9.97 Å². The summed E-state index contributed by atoms with van der Waals surface area (Å²) in [6, 6.07) is 9.11. The third-order valence-corrected chi connectivity index (χ3v) is 2.92. The topological polar surface area (TPSA) is 96.0 Å². The van der Waals surface area contributed by atoms with Crippen molar-refractivity contribution in [1.82, 2.24) is 19.9 Å². The van der Waals surface area contributed by atoms with E-state index in [2.05, 4.69) is 19.9 Å². The lowest BCUT2D eigenvalue weighted by molar-refractivity contribution is 0.274. The molecule has 3 aromatic heterocycles. The van der Waals surface area contributed by atoms with Gasteiger partial charge in [-0.2, -0.15) is 9.97 Å². The van der Waals surface area contributed by atoms with Crippen LogP contribution in [0.3, 0.4) is 0 Å². The van der Waals surface area contributed by atoms with Crippen molar-refractivity contribution in [3.05, 3.63) is 66.2 Å². The predicted molar refractivity (Wildman–Crippen MR) is 83.6 cm³/mol. The number of aromatic nitrogens is 4. The van der Waals surface area contributed by atoms with Crippen LogP contribution in [0, 0.1) is 0 Å². The Morgan fingerprint density at radius 3 is 1.78 bits per heavy atom. The van der Waals surface area contributed by atoms with Crippen LogP contribution in [0.15, 0.2) is 55.1 Å². The number of hydrogen-bond donors (Lipinski definition) is 1. The van der Waals surface area contributed by atoms with E-state index in [1.165, 1.54) is 0 Å². The Bertz CT molecular complexity index is 691. The Hall–Kier alpha value is -3.22. The molecule has 0 radical (unpaired) electrons. The van der Waals surface area contributed by atoms with Crippen LogP contribution in [0.4, 0.5) is 5.95 Å². The Labute approximate surface area is 133 Å². The SMILES string of the molecule is Nc1nc(OCc2cccnc2)cc(OCc2cccnc2)n1. The van der Waals surface area contributed by atoms with Crippen molar-refractivity contribution in [3.63, 3.8) is 0 Å². The lowest BCUT2D eigenvalue weighted by atomic mass is 10.3. The highest BCUT2D eigenvalue weighted by Crippen LogP contribution is 2.18. The second kappa shape index (κ2) is 7.17. The van der Waals surface area contributed by atoms with Crippen LogP contribution in [0.2, 0.25) is 0 Å². The zero-order chi connectivity index (χ0) is 15.9. The Kier molecular flexibility index (Phi) is 4.58. The largest absolute Gasteiger partial charge is 0.473 e. The molecule has 3 aromatic rings. The molecule has 0 unspecified atom stereocenters. The van der Waals surface area contributed by atoms with Crippen molar-refractivity contribution in [3.8, 4) is 11.8 Å². The normalized spacial score (nSPS) is 10.3. The highest BCUT2D eigenvalue weighted by Gasteiger charge is 2.06. The summed E-state index contributed by atoms with van der Waals surface area (Å²) >= 11 is 0. The first-order chi connectivity index (χ1) is 11.3. The van der Waals surface area contributed by atoms with Gasteiger partial charge in [0.15, 0.2) is 0 Å². The molecule has 0 amide bonds. The van der Waals surface area contributed by atoms with E-state index in [1.54, 1.807) is 30.9 Å². The molecule has 0 bridgehead atoms. The Balaban J connectivity index is 1.64. The molecule has 7 heteroatoms. The van der Waals surface area contributed by atoms with Crippen LogP contribution < -0.4 is 15.2 Å². The summed E-state index contributed by atoms with van der Waals surface area (Å²) in [5.74, 6) is 0.792. The minimum absolute atomic E-state index is 0.0925. The van der Waals surface area contributed by atoms with Crippen LogP contribution in [0.1, 0.15) is 11.1 Å². The zero-order valence-electron chi connectivity index (χ0n) is 12.3. The number of nitrogens with two attached hydrogens (primary N) is 1. The van der Waals surface area contributed by atoms with Crippen LogP contribution in [-0.4, -0.2) is 19.9 Å². The zero-order valence-corrected chi connectivity index (χ0v) is 12.3. The predicted octanol–water partition coefficient (Wildman–Crippen LogP) is 2.01. The molecule has 0 aliphatic heterocycles. The number of rotatable bonds is 6. The summed E-state index contributed by atoms with van der Waals surface area (Å²) in [5, 5.41) is 0. The van der Waals surface area contributed by atoms with E-state index in [0.29, 0.717) is 25.0 Å². The molecule has 3 rings (SSSR count). The highest BCUT2D eigenvalue weighted by molar-refractivity contribution is 5.30. The Morgan fingerprint density at radius 2 is 1.35 bits per heavy atom. The van der Waals surface area contributed by atoms with Gasteiger partial charge in [0, 0.05) is 35.9 Å². The molecule has 0 spiro atoms. The monoisotopic (exact) mass is 309 g/mol. The van der Waals surface area contributed by atoms with Crippen LogP contribution in [0.5, 0.6) is 11.8 Å². The molecule has 23 heavy (non-hydrogen) atoms. The standard InChI is InChI=1S/C16H15N5O2/c17-16-20-14(22-10-12-3-1-5-18-8-12)7-15(21-16)23-11-13-4-2-6-19-9-13/h1-9H,10-11H2,(H2,17,20,21). The fourth-order valence-corrected chi connectivity index (χ4v) is 1.85. The molecule has 116 valence electrons. The molecular formula is C16H15N5O2. The van der Waals surface area contributed by atoms with Crippen molar-refractivity contribution in [2.45, 2.75) is 13.2 Å². The molecule has 2 N–H and O–H groups in total. The summed E-state index contributed by atoms with van der Waals surface area (Å²) < 4.78 is 11.2. The molecule has 0 saturated heterocycles. The summed E-state index contributed by atoms with van der Waals surface area (Å²) in [7, 11) is 0. The van der Waals surface area contributed by atoms with Gasteiger partial charge in [0.05, 0.1) is 6.07 Å². The number of ether oxygens (including phenoxy) is 2. The third kappa shape index (κ3) is 4.37. The van der Waals surface area contributed by atoms with Gasteiger partial charge in [-0.25, -0.2) is 0 Å². The Morgan fingerprint density at radius 1 is 0.826 bits per heavy atom. The van der Waals surface area contributed by atoms with Crippen molar-refractivity contribution >= 4 is 5.95 Å². The van der Waals surface area contributed by atoms with Crippen LogP contribution in [0.25, 0.3) is 0 Å². The minimum atomic E-state index is 0.0925. The van der Waals surface area contributed by atoms with E-state index in [-0.39, 0.29) is 5.95 Å². The number of anilines is 1. The van der Waals surface area contributed by atoms with Crippen molar-refractivity contribution in [2.75, 3.05) is 5.73 Å². The van der Waals surface area contributed by atoms with Gasteiger partial charge in [-0.1, -0.05) is 12.1 Å².